The minimum absolute atomic E-state index is 0. The first-order valence-electron chi connectivity index (χ1n) is 8.29. The summed E-state index contributed by atoms with van der Waals surface area (Å²) in [5.41, 5.74) is 1.36. The van der Waals surface area contributed by atoms with Crippen molar-refractivity contribution < 1.29 is 14.3 Å². The maximum atomic E-state index is 11.8. The molecule has 0 atom stereocenters. The van der Waals surface area contributed by atoms with Crippen molar-refractivity contribution in [1.82, 2.24) is 10.6 Å². The number of nitrogens with zero attached hydrogens (tertiary/aromatic N) is 1. The normalized spacial score (nSPS) is 10.9. The summed E-state index contributed by atoms with van der Waals surface area (Å²) in [6.45, 7) is 5.83. The second-order valence-electron chi connectivity index (χ2n) is 5.52. The Hall–Kier alpha value is -1.51. The molecule has 0 aliphatic carbocycles. The van der Waals surface area contributed by atoms with Gasteiger partial charge in [-0.1, -0.05) is 32.8 Å². The van der Waals surface area contributed by atoms with Crippen LogP contribution in [0.4, 0.5) is 0 Å². The molecule has 142 valence electrons. The van der Waals surface area contributed by atoms with Crippen LogP contribution in [0.1, 0.15) is 42.6 Å². The number of benzene rings is 1. The maximum absolute atomic E-state index is 11.8. The fourth-order valence-electron chi connectivity index (χ4n) is 2.36. The highest BCUT2D eigenvalue weighted by Crippen LogP contribution is 2.20. The quantitative estimate of drug-likeness (QED) is 0.268. The molecule has 1 rings (SSSR count). The van der Waals surface area contributed by atoms with Crippen LogP contribution in [0.2, 0.25) is 0 Å². The SMILES string of the molecule is CCC(CC)CNC(=NC)NCc1ccc(OC)c(C(=O)OC)c1.I. The molecule has 0 bridgehead atoms. The number of rotatable bonds is 8. The average molecular weight is 463 g/mol. The predicted octanol–water partition coefficient (Wildman–Crippen LogP) is 3.20. The standard InChI is InChI=1S/C18H29N3O3.HI/c1-6-13(7-2)11-20-18(19-3)21-12-14-8-9-16(23-4)15(10-14)17(22)24-5;/h8-10,13H,6-7,11-12H2,1-5H3,(H2,19,20,21);1H. The number of ether oxygens (including phenoxy) is 2. The topological polar surface area (TPSA) is 72.0 Å². The fraction of sp³-hybridized carbons (Fsp3) is 0.556. The van der Waals surface area contributed by atoms with Crippen LogP contribution in [-0.2, 0) is 11.3 Å². The zero-order valence-corrected chi connectivity index (χ0v) is 18.0. The Labute approximate surface area is 167 Å². The molecule has 25 heavy (non-hydrogen) atoms. The van der Waals surface area contributed by atoms with E-state index in [2.05, 4.69) is 29.5 Å². The average Bonchev–Trinajstić information content (AvgIpc) is 2.63. The number of methoxy groups -OCH3 is 2. The Morgan fingerprint density at radius 1 is 1.20 bits per heavy atom. The number of hydrogen-bond donors (Lipinski definition) is 2. The molecule has 0 unspecified atom stereocenters. The van der Waals surface area contributed by atoms with E-state index in [0.29, 0.717) is 23.8 Å². The summed E-state index contributed by atoms with van der Waals surface area (Å²) < 4.78 is 10.00. The second kappa shape index (κ2) is 12.8. The summed E-state index contributed by atoms with van der Waals surface area (Å²) in [4.78, 5) is 16.1. The van der Waals surface area contributed by atoms with Crippen molar-refractivity contribution in [3.8, 4) is 5.75 Å². The van der Waals surface area contributed by atoms with E-state index in [0.717, 1.165) is 30.9 Å². The van der Waals surface area contributed by atoms with Crippen LogP contribution >= 0.6 is 24.0 Å². The van der Waals surface area contributed by atoms with Crippen molar-refractivity contribution in [3.63, 3.8) is 0 Å². The molecule has 6 nitrogen and oxygen atoms in total. The van der Waals surface area contributed by atoms with Crippen molar-refractivity contribution in [3.05, 3.63) is 29.3 Å². The highest BCUT2D eigenvalue weighted by atomic mass is 127. The number of carbonyl (C=O) groups is 1. The van der Waals surface area contributed by atoms with Crippen molar-refractivity contribution in [2.75, 3.05) is 27.8 Å². The molecule has 0 aliphatic rings. The third-order valence-corrected chi connectivity index (χ3v) is 4.07. The smallest absolute Gasteiger partial charge is 0.341 e. The molecule has 1 aromatic rings. The van der Waals surface area contributed by atoms with E-state index in [1.54, 1.807) is 19.2 Å². The number of hydrogen-bond acceptors (Lipinski definition) is 4. The Kier molecular flexibility index (Phi) is 12.0. The Morgan fingerprint density at radius 3 is 2.40 bits per heavy atom. The number of guanidine groups is 1. The van der Waals surface area contributed by atoms with E-state index >= 15 is 0 Å². The first-order valence-corrected chi connectivity index (χ1v) is 8.29. The molecule has 0 saturated heterocycles. The van der Waals surface area contributed by atoms with E-state index in [-0.39, 0.29) is 24.0 Å². The summed E-state index contributed by atoms with van der Waals surface area (Å²) >= 11 is 0. The van der Waals surface area contributed by atoms with E-state index in [4.69, 9.17) is 9.47 Å². The lowest BCUT2D eigenvalue weighted by Gasteiger charge is -2.17. The molecule has 7 heteroatoms. The molecule has 0 saturated carbocycles. The number of carbonyl (C=O) groups excluding carboxylic acids is 1. The molecule has 1 aromatic carbocycles. The summed E-state index contributed by atoms with van der Waals surface area (Å²) in [5.74, 6) is 1.47. The molecule has 0 aliphatic heterocycles. The van der Waals surface area contributed by atoms with Gasteiger partial charge in [-0.15, -0.1) is 24.0 Å². The van der Waals surface area contributed by atoms with Crippen LogP contribution in [0.3, 0.4) is 0 Å². The Balaban J connectivity index is 0.00000576. The van der Waals surface area contributed by atoms with Gasteiger partial charge in [-0.2, -0.15) is 0 Å². The molecule has 2 N–H and O–H groups in total. The first-order chi connectivity index (χ1) is 11.6. The van der Waals surface area contributed by atoms with Gasteiger partial charge in [-0.3, -0.25) is 4.99 Å². The van der Waals surface area contributed by atoms with Gasteiger partial charge in [0.1, 0.15) is 11.3 Å². The molecule has 0 spiro atoms. The van der Waals surface area contributed by atoms with Gasteiger partial charge in [0, 0.05) is 20.1 Å². The van der Waals surface area contributed by atoms with Gasteiger partial charge in [0.2, 0.25) is 0 Å². The molecule has 0 amide bonds. The minimum atomic E-state index is -0.412. The number of esters is 1. The van der Waals surface area contributed by atoms with Crippen LogP contribution in [0.15, 0.2) is 23.2 Å². The van der Waals surface area contributed by atoms with E-state index in [9.17, 15) is 4.79 Å². The number of nitrogens with one attached hydrogen (secondary N) is 2. The lowest BCUT2D eigenvalue weighted by atomic mass is 10.0. The fourth-order valence-corrected chi connectivity index (χ4v) is 2.36. The van der Waals surface area contributed by atoms with Crippen LogP contribution < -0.4 is 15.4 Å². The van der Waals surface area contributed by atoms with Gasteiger partial charge >= 0.3 is 5.97 Å². The van der Waals surface area contributed by atoms with E-state index in [1.165, 1.54) is 14.2 Å². The minimum Gasteiger partial charge on any atom is -0.496 e. The molecular weight excluding hydrogens is 433 g/mol. The van der Waals surface area contributed by atoms with Crippen LogP contribution in [-0.4, -0.2) is 39.7 Å². The van der Waals surface area contributed by atoms with Crippen molar-refractivity contribution in [2.45, 2.75) is 33.2 Å². The molecule has 0 fully saturated rings. The van der Waals surface area contributed by atoms with Gasteiger partial charge in [-0.25, -0.2) is 4.79 Å². The van der Waals surface area contributed by atoms with Gasteiger partial charge in [0.25, 0.3) is 0 Å². The van der Waals surface area contributed by atoms with Crippen LogP contribution in [0.25, 0.3) is 0 Å². The monoisotopic (exact) mass is 463 g/mol. The van der Waals surface area contributed by atoms with Crippen LogP contribution in [0.5, 0.6) is 5.75 Å². The van der Waals surface area contributed by atoms with E-state index in [1.807, 2.05) is 6.07 Å². The zero-order chi connectivity index (χ0) is 17.9. The third-order valence-electron chi connectivity index (χ3n) is 4.07. The summed E-state index contributed by atoms with van der Waals surface area (Å²) in [6.07, 6.45) is 2.28. The van der Waals surface area contributed by atoms with Crippen molar-refractivity contribution in [1.29, 1.82) is 0 Å². The van der Waals surface area contributed by atoms with Gasteiger partial charge in [0.15, 0.2) is 5.96 Å². The summed E-state index contributed by atoms with van der Waals surface area (Å²) in [5, 5.41) is 6.59. The highest BCUT2D eigenvalue weighted by Gasteiger charge is 2.13. The van der Waals surface area contributed by atoms with Gasteiger partial charge in [-0.05, 0) is 23.6 Å². The summed E-state index contributed by atoms with van der Waals surface area (Å²) in [7, 11) is 4.63. The van der Waals surface area contributed by atoms with Crippen molar-refractivity contribution in [2.24, 2.45) is 10.9 Å². The van der Waals surface area contributed by atoms with Crippen LogP contribution in [0, 0.1) is 5.92 Å². The predicted molar refractivity (Wildman–Crippen MR) is 112 cm³/mol. The maximum Gasteiger partial charge on any atom is 0.341 e. The highest BCUT2D eigenvalue weighted by molar-refractivity contribution is 14.0. The molecule has 0 heterocycles. The number of aliphatic imine (C=N–C) groups is 1. The second-order valence-corrected chi connectivity index (χ2v) is 5.52. The van der Waals surface area contributed by atoms with Crippen molar-refractivity contribution >= 4 is 35.9 Å². The van der Waals surface area contributed by atoms with Gasteiger partial charge < -0.3 is 20.1 Å². The summed E-state index contributed by atoms with van der Waals surface area (Å²) in [6, 6.07) is 5.45. The zero-order valence-electron chi connectivity index (χ0n) is 15.7. The lowest BCUT2D eigenvalue weighted by molar-refractivity contribution is 0.0597. The lowest BCUT2D eigenvalue weighted by Crippen LogP contribution is -2.39. The Morgan fingerprint density at radius 2 is 1.88 bits per heavy atom. The Bertz CT molecular complexity index is 560. The molecule has 0 aromatic heterocycles. The van der Waals surface area contributed by atoms with Gasteiger partial charge in [0.05, 0.1) is 14.2 Å². The first kappa shape index (κ1) is 23.5. The van der Waals surface area contributed by atoms with E-state index < -0.39 is 5.97 Å². The largest absolute Gasteiger partial charge is 0.496 e. The molecular formula is C18H30IN3O3. The molecule has 0 radical (unpaired) electrons. The third kappa shape index (κ3) is 7.50. The number of halogens is 1.